The molecule has 5 heteroatoms. The van der Waals surface area contributed by atoms with E-state index in [0.29, 0.717) is 32.7 Å². The molecule has 0 aromatic heterocycles. The van der Waals surface area contributed by atoms with E-state index in [9.17, 15) is 4.79 Å². The van der Waals surface area contributed by atoms with Gasteiger partial charge in [0.05, 0.1) is 13.2 Å². The van der Waals surface area contributed by atoms with Gasteiger partial charge in [0.15, 0.2) is 5.60 Å². The summed E-state index contributed by atoms with van der Waals surface area (Å²) in [6, 6.07) is 9.68. The topological polar surface area (TPSA) is 65.0 Å². The molecule has 0 unspecified atom stereocenters. The first-order valence-corrected chi connectivity index (χ1v) is 8.80. The van der Waals surface area contributed by atoms with E-state index < -0.39 is 5.60 Å². The molecule has 24 heavy (non-hydrogen) atoms. The average molecular weight is 336 g/mol. The highest BCUT2D eigenvalue weighted by atomic mass is 16.6. The van der Waals surface area contributed by atoms with Crippen molar-refractivity contribution in [2.75, 3.05) is 26.4 Å². The second-order valence-electron chi connectivity index (χ2n) is 6.15. The molecule has 1 aliphatic rings. The van der Waals surface area contributed by atoms with Crippen LogP contribution in [0.2, 0.25) is 0 Å². The summed E-state index contributed by atoms with van der Waals surface area (Å²) in [6.45, 7) is 1.92. The number of aliphatic hydroxyl groups is 1. The Bertz CT molecular complexity index is 468. The summed E-state index contributed by atoms with van der Waals surface area (Å²) in [7, 11) is 0. The van der Waals surface area contributed by atoms with Gasteiger partial charge in [-0.05, 0) is 44.1 Å². The monoisotopic (exact) mass is 336 g/mol. The number of carbonyl (C=O) groups is 1. The molecule has 1 N–H and O–H groups in total. The molecule has 0 atom stereocenters. The first-order chi connectivity index (χ1) is 11.8. The third-order valence-electron chi connectivity index (χ3n) is 4.30. The summed E-state index contributed by atoms with van der Waals surface area (Å²) in [5.74, 6) is -0.260. The molecular formula is C19H28O5. The zero-order valence-corrected chi connectivity index (χ0v) is 14.2. The molecule has 0 heterocycles. The second kappa shape index (κ2) is 10.4. The molecular weight excluding hydrogens is 308 g/mol. The van der Waals surface area contributed by atoms with E-state index >= 15 is 0 Å². The van der Waals surface area contributed by atoms with Crippen LogP contribution in [0, 0.1) is 0 Å². The van der Waals surface area contributed by atoms with Gasteiger partial charge in [-0.25, -0.2) is 4.79 Å². The lowest BCUT2D eigenvalue weighted by Gasteiger charge is -2.27. The second-order valence-corrected chi connectivity index (χ2v) is 6.15. The van der Waals surface area contributed by atoms with Gasteiger partial charge in [-0.2, -0.15) is 0 Å². The third-order valence-corrected chi connectivity index (χ3v) is 4.30. The van der Waals surface area contributed by atoms with Gasteiger partial charge < -0.3 is 19.3 Å². The lowest BCUT2D eigenvalue weighted by Crippen LogP contribution is -2.41. The molecule has 0 amide bonds. The Labute approximate surface area is 143 Å². The maximum Gasteiger partial charge on any atom is 0.338 e. The first-order valence-electron chi connectivity index (χ1n) is 8.80. The van der Waals surface area contributed by atoms with Crippen molar-refractivity contribution in [3.05, 3.63) is 35.9 Å². The van der Waals surface area contributed by atoms with E-state index in [2.05, 4.69) is 0 Å². The van der Waals surface area contributed by atoms with Gasteiger partial charge in [-0.3, -0.25) is 0 Å². The van der Waals surface area contributed by atoms with Crippen molar-refractivity contribution in [1.29, 1.82) is 0 Å². The van der Waals surface area contributed by atoms with Gasteiger partial charge in [0.25, 0.3) is 0 Å². The molecule has 1 aromatic carbocycles. The fourth-order valence-corrected chi connectivity index (χ4v) is 2.92. The Kier molecular flexibility index (Phi) is 8.22. The molecule has 0 spiro atoms. The summed E-state index contributed by atoms with van der Waals surface area (Å²) < 4.78 is 16.9. The average Bonchev–Trinajstić information content (AvgIpc) is 3.10. The van der Waals surface area contributed by atoms with E-state index in [1.54, 1.807) is 0 Å². The number of benzene rings is 1. The van der Waals surface area contributed by atoms with Crippen LogP contribution in [0.1, 0.15) is 44.1 Å². The largest absolute Gasteiger partial charge is 0.459 e. The van der Waals surface area contributed by atoms with Gasteiger partial charge >= 0.3 is 5.97 Å². The summed E-state index contributed by atoms with van der Waals surface area (Å²) in [4.78, 5) is 12.5. The van der Waals surface area contributed by atoms with Crippen LogP contribution in [-0.4, -0.2) is 43.1 Å². The van der Waals surface area contributed by atoms with Gasteiger partial charge in [0.1, 0.15) is 6.61 Å². The predicted molar refractivity (Wildman–Crippen MR) is 90.5 cm³/mol. The van der Waals surface area contributed by atoms with Crippen LogP contribution in [0.5, 0.6) is 0 Å². The Balaban J connectivity index is 1.73. The van der Waals surface area contributed by atoms with Crippen LogP contribution in [0.3, 0.4) is 0 Å². The Morgan fingerprint density at radius 3 is 2.50 bits per heavy atom. The molecule has 2 rings (SSSR count). The molecule has 134 valence electrons. The van der Waals surface area contributed by atoms with E-state index in [4.69, 9.17) is 19.3 Å². The number of carbonyl (C=O) groups excluding carboxylic acids is 1. The lowest BCUT2D eigenvalue weighted by atomic mass is 10.0. The fourth-order valence-electron chi connectivity index (χ4n) is 2.92. The van der Waals surface area contributed by atoms with Crippen LogP contribution in [0.25, 0.3) is 0 Å². The van der Waals surface area contributed by atoms with Crippen LogP contribution in [0.15, 0.2) is 30.3 Å². The molecule has 1 aliphatic carbocycles. The number of hydrogen-bond donors (Lipinski definition) is 1. The van der Waals surface area contributed by atoms with Crippen molar-refractivity contribution >= 4 is 5.97 Å². The highest BCUT2D eigenvalue weighted by molar-refractivity contribution is 5.80. The molecule has 1 saturated carbocycles. The molecule has 0 aliphatic heterocycles. The van der Waals surface area contributed by atoms with E-state index in [1.165, 1.54) is 0 Å². The Morgan fingerprint density at radius 1 is 1.04 bits per heavy atom. The number of ether oxygens (including phenoxy) is 3. The van der Waals surface area contributed by atoms with Crippen molar-refractivity contribution in [2.24, 2.45) is 0 Å². The van der Waals surface area contributed by atoms with E-state index in [1.807, 2.05) is 30.3 Å². The van der Waals surface area contributed by atoms with Crippen molar-refractivity contribution < 1.29 is 24.1 Å². The van der Waals surface area contributed by atoms with Gasteiger partial charge in [-0.1, -0.05) is 30.3 Å². The fraction of sp³-hybridized carbons (Fsp3) is 0.632. The van der Waals surface area contributed by atoms with Crippen LogP contribution < -0.4 is 0 Å². The van der Waals surface area contributed by atoms with Gasteiger partial charge in [0, 0.05) is 13.2 Å². The zero-order valence-electron chi connectivity index (χ0n) is 14.2. The molecule has 0 saturated heterocycles. The maximum absolute atomic E-state index is 12.5. The normalized spacial score (nSPS) is 16.2. The van der Waals surface area contributed by atoms with Gasteiger partial charge in [-0.15, -0.1) is 0 Å². The SMILES string of the molecule is O=C(OCc1ccccc1)C1(OCCOCCCCO)CCCC1. The molecule has 0 bridgehead atoms. The van der Waals surface area contributed by atoms with Crippen molar-refractivity contribution in [3.63, 3.8) is 0 Å². The third kappa shape index (κ3) is 5.89. The number of rotatable bonds is 11. The zero-order chi connectivity index (χ0) is 17.1. The minimum atomic E-state index is -0.802. The van der Waals surface area contributed by atoms with Gasteiger partial charge in [0.2, 0.25) is 0 Å². The standard InChI is InChI=1S/C19H28O5/c20-12-6-7-13-22-14-15-24-19(10-4-5-11-19)18(21)23-16-17-8-2-1-3-9-17/h1-3,8-9,20H,4-7,10-16H2. The highest BCUT2D eigenvalue weighted by Crippen LogP contribution is 2.34. The van der Waals surface area contributed by atoms with E-state index in [-0.39, 0.29) is 19.2 Å². The number of hydrogen-bond acceptors (Lipinski definition) is 5. The number of unbranched alkanes of at least 4 members (excludes halogenated alkanes) is 1. The summed E-state index contributed by atoms with van der Waals surface area (Å²) in [6.07, 6.45) is 4.98. The quantitative estimate of drug-likeness (QED) is 0.497. The first kappa shape index (κ1) is 18.9. The van der Waals surface area contributed by atoms with Crippen LogP contribution in [-0.2, 0) is 25.6 Å². The minimum Gasteiger partial charge on any atom is -0.459 e. The van der Waals surface area contributed by atoms with Crippen molar-refractivity contribution in [2.45, 2.75) is 50.7 Å². The lowest BCUT2D eigenvalue weighted by molar-refractivity contribution is -0.175. The van der Waals surface area contributed by atoms with E-state index in [0.717, 1.165) is 31.2 Å². The van der Waals surface area contributed by atoms with Crippen molar-refractivity contribution in [1.82, 2.24) is 0 Å². The summed E-state index contributed by atoms with van der Waals surface area (Å²) in [5, 5.41) is 8.71. The maximum atomic E-state index is 12.5. The highest BCUT2D eigenvalue weighted by Gasteiger charge is 2.43. The Hall–Kier alpha value is -1.43. The smallest absolute Gasteiger partial charge is 0.338 e. The number of esters is 1. The summed E-state index contributed by atoms with van der Waals surface area (Å²) in [5.41, 5.74) is 0.176. The predicted octanol–water partition coefficient (Wildman–Crippen LogP) is 2.85. The minimum absolute atomic E-state index is 0.191. The Morgan fingerprint density at radius 2 is 1.79 bits per heavy atom. The number of aliphatic hydroxyl groups excluding tert-OH is 1. The molecule has 1 aromatic rings. The molecule has 1 fully saturated rings. The van der Waals surface area contributed by atoms with Crippen molar-refractivity contribution in [3.8, 4) is 0 Å². The van der Waals surface area contributed by atoms with Crippen LogP contribution >= 0.6 is 0 Å². The van der Waals surface area contributed by atoms with Crippen LogP contribution in [0.4, 0.5) is 0 Å². The molecule has 5 nitrogen and oxygen atoms in total. The molecule has 0 radical (unpaired) electrons. The summed E-state index contributed by atoms with van der Waals surface area (Å²) >= 11 is 0.